The fourth-order valence-corrected chi connectivity index (χ4v) is 1.02. The topological polar surface area (TPSA) is 27.0 Å². The fourth-order valence-electron chi connectivity index (χ4n) is 1.02. The molecule has 0 heterocycles. The van der Waals surface area contributed by atoms with Gasteiger partial charge in [-0.1, -0.05) is 19.1 Å². The Morgan fingerprint density at radius 1 is 1.58 bits per heavy atom. The van der Waals surface area contributed by atoms with Crippen LogP contribution in [0.2, 0.25) is 0 Å². The Bertz CT molecular complexity index is 167. The van der Waals surface area contributed by atoms with E-state index in [1.807, 2.05) is 19.9 Å². The monoisotopic (exact) mass is 166 g/mol. The first kappa shape index (κ1) is 11.2. The quantitative estimate of drug-likeness (QED) is 0.584. The van der Waals surface area contributed by atoms with Crippen LogP contribution in [0.5, 0.6) is 0 Å². The second kappa shape index (κ2) is 6.87. The number of likely N-dealkylation sites (N-methyl/N-ethyl adjacent to an activating group) is 1. The summed E-state index contributed by atoms with van der Waals surface area (Å²) in [7, 11) is 0. The van der Waals surface area contributed by atoms with Crippen molar-refractivity contribution in [1.29, 1.82) is 5.26 Å². The molecule has 68 valence electrons. The fraction of sp³-hybridized carbons (Fsp3) is 0.700. The SMILES string of the molecule is CC=CCN(CC)CC(C)C#N. The molecule has 2 heteroatoms. The lowest BCUT2D eigenvalue weighted by Crippen LogP contribution is -2.28. The smallest absolute Gasteiger partial charge is 0.0666 e. The molecule has 1 unspecified atom stereocenters. The molecule has 0 bridgehead atoms. The van der Waals surface area contributed by atoms with Gasteiger partial charge >= 0.3 is 0 Å². The Hall–Kier alpha value is -0.810. The molecule has 2 nitrogen and oxygen atoms in total. The van der Waals surface area contributed by atoms with Crippen LogP contribution in [0.25, 0.3) is 0 Å². The average Bonchev–Trinajstić information content (AvgIpc) is 2.11. The third-order valence-corrected chi connectivity index (χ3v) is 1.80. The maximum Gasteiger partial charge on any atom is 0.0666 e. The molecule has 0 amide bonds. The first-order chi connectivity index (χ1) is 5.74. The zero-order valence-corrected chi connectivity index (χ0v) is 8.25. The van der Waals surface area contributed by atoms with Crippen molar-refractivity contribution in [1.82, 2.24) is 4.90 Å². The van der Waals surface area contributed by atoms with Gasteiger partial charge in [0.25, 0.3) is 0 Å². The van der Waals surface area contributed by atoms with Crippen molar-refractivity contribution in [2.24, 2.45) is 5.92 Å². The van der Waals surface area contributed by atoms with Crippen LogP contribution in [0.1, 0.15) is 20.8 Å². The van der Waals surface area contributed by atoms with Gasteiger partial charge in [0.15, 0.2) is 0 Å². The van der Waals surface area contributed by atoms with Crippen LogP contribution in [0, 0.1) is 17.2 Å². The molecule has 0 aromatic carbocycles. The van der Waals surface area contributed by atoms with Gasteiger partial charge in [0, 0.05) is 13.1 Å². The van der Waals surface area contributed by atoms with E-state index < -0.39 is 0 Å². The number of allylic oxidation sites excluding steroid dienone is 1. The van der Waals surface area contributed by atoms with Gasteiger partial charge in [-0.3, -0.25) is 4.90 Å². The van der Waals surface area contributed by atoms with Gasteiger partial charge in [-0.2, -0.15) is 5.26 Å². The number of hydrogen-bond donors (Lipinski definition) is 0. The van der Waals surface area contributed by atoms with Gasteiger partial charge in [0.2, 0.25) is 0 Å². The lowest BCUT2D eigenvalue weighted by atomic mass is 10.2. The van der Waals surface area contributed by atoms with E-state index in [-0.39, 0.29) is 5.92 Å². The first-order valence-electron chi connectivity index (χ1n) is 4.47. The van der Waals surface area contributed by atoms with Crippen LogP contribution >= 0.6 is 0 Å². The Kier molecular flexibility index (Phi) is 6.41. The summed E-state index contributed by atoms with van der Waals surface area (Å²) in [6.07, 6.45) is 4.16. The van der Waals surface area contributed by atoms with Gasteiger partial charge in [0.05, 0.1) is 12.0 Å². The number of hydrogen-bond acceptors (Lipinski definition) is 2. The predicted molar refractivity (Wildman–Crippen MR) is 51.7 cm³/mol. The number of rotatable bonds is 5. The molecular weight excluding hydrogens is 148 g/mol. The molecule has 0 N–H and O–H groups in total. The van der Waals surface area contributed by atoms with Crippen molar-refractivity contribution >= 4 is 0 Å². The molecule has 0 rings (SSSR count). The molecule has 0 aliphatic heterocycles. The summed E-state index contributed by atoms with van der Waals surface area (Å²) in [5.41, 5.74) is 0. The van der Waals surface area contributed by atoms with Gasteiger partial charge in [-0.15, -0.1) is 0 Å². The highest BCUT2D eigenvalue weighted by molar-refractivity contribution is 4.85. The van der Waals surface area contributed by atoms with E-state index in [9.17, 15) is 0 Å². The average molecular weight is 166 g/mol. The normalized spacial score (nSPS) is 13.6. The minimum Gasteiger partial charge on any atom is -0.299 e. The van der Waals surface area contributed by atoms with Crippen LogP contribution < -0.4 is 0 Å². The summed E-state index contributed by atoms with van der Waals surface area (Å²) in [4.78, 5) is 2.26. The highest BCUT2D eigenvalue weighted by Gasteiger charge is 2.05. The number of nitrogens with zero attached hydrogens (tertiary/aromatic N) is 2. The predicted octanol–water partition coefficient (Wildman–Crippen LogP) is 2.04. The van der Waals surface area contributed by atoms with E-state index in [1.54, 1.807) is 0 Å². The summed E-state index contributed by atoms with van der Waals surface area (Å²) in [5.74, 6) is 0.134. The standard InChI is InChI=1S/C10H18N2/c1-4-6-7-12(5-2)9-10(3)8-11/h4,6,10H,5,7,9H2,1-3H3. The summed E-state index contributed by atoms with van der Waals surface area (Å²) in [6, 6.07) is 2.24. The molecule has 0 saturated carbocycles. The van der Waals surface area contributed by atoms with Crippen LogP contribution in [-0.4, -0.2) is 24.5 Å². The van der Waals surface area contributed by atoms with Gasteiger partial charge < -0.3 is 0 Å². The first-order valence-corrected chi connectivity index (χ1v) is 4.47. The minimum atomic E-state index is 0.134. The molecule has 0 radical (unpaired) electrons. The molecule has 0 saturated heterocycles. The maximum atomic E-state index is 8.61. The minimum absolute atomic E-state index is 0.134. The maximum absolute atomic E-state index is 8.61. The van der Waals surface area contributed by atoms with Crippen LogP contribution in [0.4, 0.5) is 0 Å². The number of nitriles is 1. The van der Waals surface area contributed by atoms with E-state index in [0.29, 0.717) is 0 Å². The summed E-state index contributed by atoms with van der Waals surface area (Å²) >= 11 is 0. The Balaban J connectivity index is 3.76. The second-order valence-corrected chi connectivity index (χ2v) is 2.95. The highest BCUT2D eigenvalue weighted by Crippen LogP contribution is 1.97. The van der Waals surface area contributed by atoms with Crippen molar-refractivity contribution in [2.75, 3.05) is 19.6 Å². The molecule has 0 aliphatic rings. The largest absolute Gasteiger partial charge is 0.299 e. The Morgan fingerprint density at radius 3 is 2.67 bits per heavy atom. The summed E-state index contributed by atoms with van der Waals surface area (Å²) in [5, 5.41) is 8.61. The molecule has 12 heavy (non-hydrogen) atoms. The highest BCUT2D eigenvalue weighted by atomic mass is 15.1. The molecule has 0 aromatic rings. The van der Waals surface area contributed by atoms with Gasteiger partial charge in [-0.05, 0) is 20.4 Å². The van der Waals surface area contributed by atoms with Crippen molar-refractivity contribution in [3.8, 4) is 6.07 Å². The van der Waals surface area contributed by atoms with E-state index in [2.05, 4.69) is 24.0 Å². The van der Waals surface area contributed by atoms with E-state index in [0.717, 1.165) is 19.6 Å². The molecule has 0 fully saturated rings. The van der Waals surface area contributed by atoms with E-state index >= 15 is 0 Å². The zero-order valence-electron chi connectivity index (χ0n) is 8.25. The lowest BCUT2D eigenvalue weighted by Gasteiger charge is -2.19. The molecular formula is C10H18N2. The molecule has 1 atom stereocenters. The summed E-state index contributed by atoms with van der Waals surface area (Å²) in [6.45, 7) is 8.93. The molecule has 0 aromatic heterocycles. The van der Waals surface area contributed by atoms with Crippen molar-refractivity contribution < 1.29 is 0 Å². The van der Waals surface area contributed by atoms with Gasteiger partial charge in [0.1, 0.15) is 0 Å². The second-order valence-electron chi connectivity index (χ2n) is 2.95. The molecule has 0 aliphatic carbocycles. The summed E-state index contributed by atoms with van der Waals surface area (Å²) < 4.78 is 0. The molecule has 0 spiro atoms. The van der Waals surface area contributed by atoms with Crippen LogP contribution in [0.3, 0.4) is 0 Å². The van der Waals surface area contributed by atoms with Gasteiger partial charge in [-0.25, -0.2) is 0 Å². The van der Waals surface area contributed by atoms with Crippen LogP contribution in [-0.2, 0) is 0 Å². The Morgan fingerprint density at radius 2 is 2.25 bits per heavy atom. The van der Waals surface area contributed by atoms with Crippen molar-refractivity contribution in [3.05, 3.63) is 12.2 Å². The zero-order chi connectivity index (χ0) is 9.40. The van der Waals surface area contributed by atoms with Crippen molar-refractivity contribution in [2.45, 2.75) is 20.8 Å². The van der Waals surface area contributed by atoms with E-state index in [4.69, 9.17) is 5.26 Å². The third-order valence-electron chi connectivity index (χ3n) is 1.80. The Labute approximate surface area is 75.5 Å². The van der Waals surface area contributed by atoms with Crippen LogP contribution in [0.15, 0.2) is 12.2 Å². The lowest BCUT2D eigenvalue weighted by molar-refractivity contribution is 0.296. The third kappa shape index (κ3) is 4.92. The van der Waals surface area contributed by atoms with Crippen molar-refractivity contribution in [3.63, 3.8) is 0 Å². The van der Waals surface area contributed by atoms with E-state index in [1.165, 1.54) is 0 Å².